The van der Waals surface area contributed by atoms with Crippen LogP contribution in [-0.2, 0) is 12.4 Å². The number of benzene rings is 1. The molecule has 106 valence electrons. The van der Waals surface area contributed by atoms with E-state index in [9.17, 15) is 5.11 Å². The minimum atomic E-state index is -0.0814. The van der Waals surface area contributed by atoms with Crippen molar-refractivity contribution in [3.63, 3.8) is 0 Å². The fourth-order valence-corrected chi connectivity index (χ4v) is 3.48. The second-order valence-electron chi connectivity index (χ2n) is 4.68. The highest BCUT2D eigenvalue weighted by molar-refractivity contribution is 7.98. The molecule has 0 spiro atoms. The van der Waals surface area contributed by atoms with Crippen LogP contribution < -0.4 is 0 Å². The molecule has 1 N–H and O–H groups in total. The monoisotopic (exact) mass is 329 g/mol. The topological polar surface area (TPSA) is 50.9 Å². The van der Waals surface area contributed by atoms with Crippen LogP contribution in [0.1, 0.15) is 30.3 Å². The Balaban J connectivity index is 1.78. The molecule has 0 saturated heterocycles. The van der Waals surface area contributed by atoms with Gasteiger partial charge in [0.25, 0.3) is 0 Å². The van der Waals surface area contributed by atoms with Crippen molar-refractivity contribution in [2.75, 3.05) is 0 Å². The number of halogens is 2. The van der Waals surface area contributed by atoms with E-state index in [4.69, 9.17) is 23.2 Å². The van der Waals surface area contributed by atoms with Crippen molar-refractivity contribution >= 4 is 35.0 Å². The molecule has 1 fully saturated rings. The number of aliphatic hydroxyl groups excluding tert-OH is 1. The number of aliphatic hydroxyl groups is 1. The molecule has 0 aliphatic heterocycles. The second kappa shape index (κ2) is 5.93. The van der Waals surface area contributed by atoms with Crippen molar-refractivity contribution in [1.82, 2.24) is 14.8 Å². The molecule has 0 unspecified atom stereocenters. The van der Waals surface area contributed by atoms with E-state index in [-0.39, 0.29) is 6.61 Å². The van der Waals surface area contributed by atoms with Gasteiger partial charge in [-0.3, -0.25) is 0 Å². The highest BCUT2D eigenvalue weighted by Gasteiger charge is 2.29. The van der Waals surface area contributed by atoms with Gasteiger partial charge in [-0.2, -0.15) is 0 Å². The van der Waals surface area contributed by atoms with E-state index < -0.39 is 0 Å². The van der Waals surface area contributed by atoms with Gasteiger partial charge in [0.15, 0.2) is 11.0 Å². The highest BCUT2D eigenvalue weighted by atomic mass is 35.5. The third-order valence-corrected chi connectivity index (χ3v) is 4.75. The Kier molecular flexibility index (Phi) is 4.21. The van der Waals surface area contributed by atoms with E-state index >= 15 is 0 Å². The lowest BCUT2D eigenvalue weighted by Gasteiger charge is -2.08. The van der Waals surface area contributed by atoms with E-state index in [0.29, 0.717) is 27.7 Å². The van der Waals surface area contributed by atoms with Crippen LogP contribution in [0.15, 0.2) is 23.4 Å². The molecule has 1 aromatic carbocycles. The molecule has 7 heteroatoms. The molecule has 0 bridgehead atoms. The van der Waals surface area contributed by atoms with Gasteiger partial charge in [-0.1, -0.05) is 35.0 Å². The van der Waals surface area contributed by atoms with E-state index in [2.05, 4.69) is 10.2 Å². The molecule has 4 nitrogen and oxygen atoms in total. The van der Waals surface area contributed by atoms with Gasteiger partial charge in [0.1, 0.15) is 6.61 Å². The van der Waals surface area contributed by atoms with E-state index in [1.54, 1.807) is 23.9 Å². The smallest absolute Gasteiger partial charge is 0.191 e. The first-order valence-corrected chi connectivity index (χ1v) is 8.04. The Morgan fingerprint density at radius 2 is 2.10 bits per heavy atom. The number of aromatic nitrogens is 3. The van der Waals surface area contributed by atoms with Gasteiger partial charge in [-0.25, -0.2) is 0 Å². The van der Waals surface area contributed by atoms with Crippen LogP contribution in [0, 0.1) is 0 Å². The third kappa shape index (κ3) is 2.96. The maximum Gasteiger partial charge on any atom is 0.191 e. The summed E-state index contributed by atoms with van der Waals surface area (Å²) < 4.78 is 2.03. The summed E-state index contributed by atoms with van der Waals surface area (Å²) >= 11 is 13.7. The SMILES string of the molecule is OCc1nnc(SCc2cc(Cl)ccc2Cl)n1C1CC1. The lowest BCUT2D eigenvalue weighted by molar-refractivity contribution is 0.263. The third-order valence-electron chi connectivity index (χ3n) is 3.15. The average Bonchev–Trinajstić information content (AvgIpc) is 3.20. The van der Waals surface area contributed by atoms with E-state index in [0.717, 1.165) is 23.6 Å². The van der Waals surface area contributed by atoms with Crippen LogP contribution in [0.3, 0.4) is 0 Å². The molecule has 1 saturated carbocycles. The van der Waals surface area contributed by atoms with Gasteiger partial charge in [0, 0.05) is 21.8 Å². The summed E-state index contributed by atoms with van der Waals surface area (Å²) in [5.74, 6) is 1.31. The molecular formula is C13H13Cl2N3OS. The maximum atomic E-state index is 9.30. The molecule has 2 aromatic rings. The first-order valence-electron chi connectivity index (χ1n) is 6.30. The van der Waals surface area contributed by atoms with Gasteiger partial charge in [-0.15, -0.1) is 10.2 Å². The highest BCUT2D eigenvalue weighted by Crippen LogP contribution is 2.39. The zero-order chi connectivity index (χ0) is 14.1. The predicted molar refractivity (Wildman–Crippen MR) is 80.2 cm³/mol. The minimum absolute atomic E-state index is 0.0814. The van der Waals surface area contributed by atoms with E-state index in [1.165, 1.54) is 0 Å². The second-order valence-corrected chi connectivity index (χ2v) is 6.47. The van der Waals surface area contributed by atoms with Crippen LogP contribution in [0.2, 0.25) is 10.0 Å². The average molecular weight is 330 g/mol. The summed E-state index contributed by atoms with van der Waals surface area (Å²) in [6.45, 7) is -0.0814. The first-order chi connectivity index (χ1) is 9.69. The summed E-state index contributed by atoms with van der Waals surface area (Å²) in [4.78, 5) is 0. The number of thioether (sulfide) groups is 1. The Hall–Kier alpha value is -0.750. The summed E-state index contributed by atoms with van der Waals surface area (Å²) in [7, 11) is 0. The first kappa shape index (κ1) is 14.2. The Morgan fingerprint density at radius 3 is 2.80 bits per heavy atom. The van der Waals surface area contributed by atoms with Crippen LogP contribution in [-0.4, -0.2) is 19.9 Å². The molecule has 0 radical (unpaired) electrons. The van der Waals surface area contributed by atoms with Crippen molar-refractivity contribution in [3.8, 4) is 0 Å². The van der Waals surface area contributed by atoms with Crippen LogP contribution >= 0.6 is 35.0 Å². The Morgan fingerprint density at radius 1 is 1.30 bits per heavy atom. The molecule has 3 rings (SSSR count). The number of rotatable bonds is 5. The minimum Gasteiger partial charge on any atom is -0.388 e. The standard InChI is InChI=1S/C13H13Cl2N3OS/c14-9-1-4-11(15)8(5-9)7-20-13-17-16-12(6-19)18(13)10-2-3-10/h1,4-5,10,19H,2-3,6-7H2. The maximum absolute atomic E-state index is 9.30. The van der Waals surface area contributed by atoms with Crippen molar-refractivity contribution < 1.29 is 5.11 Å². The fraction of sp³-hybridized carbons (Fsp3) is 0.385. The van der Waals surface area contributed by atoms with Crippen molar-refractivity contribution in [1.29, 1.82) is 0 Å². The summed E-state index contributed by atoms with van der Waals surface area (Å²) in [5, 5.41) is 19.7. The van der Waals surface area contributed by atoms with Gasteiger partial charge in [0.2, 0.25) is 0 Å². The van der Waals surface area contributed by atoms with Gasteiger partial charge >= 0.3 is 0 Å². The van der Waals surface area contributed by atoms with Crippen molar-refractivity contribution in [2.45, 2.75) is 36.4 Å². The van der Waals surface area contributed by atoms with Gasteiger partial charge in [-0.05, 0) is 36.6 Å². The lowest BCUT2D eigenvalue weighted by Crippen LogP contribution is -2.02. The molecule has 1 aromatic heterocycles. The quantitative estimate of drug-likeness (QED) is 0.849. The molecule has 1 aliphatic rings. The molecule has 0 amide bonds. The van der Waals surface area contributed by atoms with Crippen LogP contribution in [0.4, 0.5) is 0 Å². The summed E-state index contributed by atoms with van der Waals surface area (Å²) in [6, 6.07) is 5.87. The van der Waals surface area contributed by atoms with Crippen molar-refractivity contribution in [2.24, 2.45) is 0 Å². The number of hydrogen-bond acceptors (Lipinski definition) is 4. The van der Waals surface area contributed by atoms with Crippen LogP contribution in [0.25, 0.3) is 0 Å². The summed E-state index contributed by atoms with van der Waals surface area (Å²) in [6.07, 6.45) is 2.24. The Bertz CT molecular complexity index is 628. The van der Waals surface area contributed by atoms with Gasteiger partial charge < -0.3 is 9.67 Å². The van der Waals surface area contributed by atoms with Crippen LogP contribution in [0.5, 0.6) is 0 Å². The van der Waals surface area contributed by atoms with E-state index in [1.807, 2.05) is 10.6 Å². The summed E-state index contributed by atoms with van der Waals surface area (Å²) in [5.41, 5.74) is 0.972. The molecular weight excluding hydrogens is 317 g/mol. The molecule has 0 atom stereocenters. The zero-order valence-electron chi connectivity index (χ0n) is 10.6. The molecule has 1 heterocycles. The molecule has 1 aliphatic carbocycles. The largest absolute Gasteiger partial charge is 0.388 e. The normalized spacial score (nSPS) is 14.8. The lowest BCUT2D eigenvalue weighted by atomic mass is 10.2. The fourth-order valence-electron chi connectivity index (χ4n) is 2.01. The van der Waals surface area contributed by atoms with Gasteiger partial charge in [0.05, 0.1) is 0 Å². The molecule has 20 heavy (non-hydrogen) atoms. The van der Waals surface area contributed by atoms with Crippen molar-refractivity contribution in [3.05, 3.63) is 39.6 Å². The number of nitrogens with zero attached hydrogens (tertiary/aromatic N) is 3. The number of hydrogen-bond donors (Lipinski definition) is 1. The predicted octanol–water partition coefficient (Wildman–Crippen LogP) is 3.70. The zero-order valence-corrected chi connectivity index (χ0v) is 12.9. The Labute approximate surface area is 131 Å².